The van der Waals surface area contributed by atoms with Crippen LogP contribution in [-0.4, -0.2) is 22.7 Å². The molecule has 0 aliphatic carbocycles. The number of halogens is 1. The predicted octanol–water partition coefficient (Wildman–Crippen LogP) is 2.17. The second-order valence-electron chi connectivity index (χ2n) is 5.86. The molecule has 144 valence electrons. The number of phenolic OH excluding ortho intramolecular Hbond substituents is 1. The summed E-state index contributed by atoms with van der Waals surface area (Å²) in [4.78, 5) is 24.9. The lowest BCUT2D eigenvalue weighted by atomic mass is 10.2. The van der Waals surface area contributed by atoms with E-state index < -0.39 is 0 Å². The topological polar surface area (TPSA) is 80.6 Å². The van der Waals surface area contributed by atoms with E-state index in [1.165, 1.54) is 29.1 Å². The van der Waals surface area contributed by atoms with Crippen LogP contribution in [0.4, 0.5) is 5.69 Å². The molecule has 0 aliphatic heterocycles. The first kappa shape index (κ1) is 19.9. The Morgan fingerprint density at radius 3 is 2.75 bits per heavy atom. The lowest BCUT2D eigenvalue weighted by Gasteiger charge is -2.07. The van der Waals surface area contributed by atoms with Gasteiger partial charge in [0.25, 0.3) is 11.5 Å². The van der Waals surface area contributed by atoms with Crippen molar-refractivity contribution in [3.63, 3.8) is 0 Å². The molecule has 6 nitrogen and oxygen atoms in total. The van der Waals surface area contributed by atoms with Gasteiger partial charge < -0.3 is 19.7 Å². The maximum atomic E-state index is 12.5. The van der Waals surface area contributed by atoms with E-state index in [2.05, 4.69) is 21.2 Å². The number of hydrogen-bond donors (Lipinski definition) is 2. The smallest absolute Gasteiger partial charge is 0.268 e. The van der Waals surface area contributed by atoms with Crippen LogP contribution in [0, 0.1) is 0 Å². The van der Waals surface area contributed by atoms with Crippen molar-refractivity contribution in [1.29, 1.82) is 0 Å². The minimum atomic E-state index is -0.361. The van der Waals surface area contributed by atoms with Gasteiger partial charge in [0.2, 0.25) is 0 Å². The molecule has 1 heterocycles. The van der Waals surface area contributed by atoms with Crippen LogP contribution in [-0.2, 0) is 11.8 Å². The zero-order valence-electron chi connectivity index (χ0n) is 15.1. The highest BCUT2D eigenvalue weighted by molar-refractivity contribution is 9.10. The van der Waals surface area contributed by atoms with Gasteiger partial charge in [0, 0.05) is 13.1 Å². The van der Waals surface area contributed by atoms with Crippen molar-refractivity contribution >= 4 is 51.0 Å². The second-order valence-corrected chi connectivity index (χ2v) is 7.77. The van der Waals surface area contributed by atoms with E-state index in [0.717, 1.165) is 5.56 Å². The van der Waals surface area contributed by atoms with E-state index in [-0.39, 0.29) is 17.2 Å². The zero-order valence-corrected chi connectivity index (χ0v) is 17.5. The van der Waals surface area contributed by atoms with Gasteiger partial charge in [-0.25, -0.2) is 0 Å². The molecule has 1 aromatic heterocycles. The van der Waals surface area contributed by atoms with Crippen molar-refractivity contribution in [2.45, 2.75) is 0 Å². The number of carbonyl (C=O) groups excluding carboxylic acids is 1. The van der Waals surface area contributed by atoms with Gasteiger partial charge in [-0.3, -0.25) is 9.59 Å². The van der Waals surface area contributed by atoms with Crippen molar-refractivity contribution in [2.24, 2.45) is 7.05 Å². The summed E-state index contributed by atoms with van der Waals surface area (Å²) < 4.78 is 8.18. The number of aromatic nitrogens is 1. The van der Waals surface area contributed by atoms with Crippen LogP contribution in [0.25, 0.3) is 12.2 Å². The fourth-order valence-electron chi connectivity index (χ4n) is 2.50. The van der Waals surface area contributed by atoms with Crippen molar-refractivity contribution in [3.05, 3.63) is 72.0 Å². The van der Waals surface area contributed by atoms with E-state index in [4.69, 9.17) is 4.74 Å². The minimum Gasteiger partial charge on any atom is -0.507 e. The average molecular weight is 461 g/mol. The molecule has 0 spiro atoms. The number of aromatic hydroxyl groups is 1. The third-order valence-electron chi connectivity index (χ3n) is 3.95. The average Bonchev–Trinajstić information content (AvgIpc) is 2.93. The standard InChI is InChI=1S/C20H17BrN2O4S/c1-23-19(11-18(25)22-14-5-3-4-6-16(14)27-2)28-17(20(23)26)10-12-7-8-15(24)13(21)9-12/h3-11,24H,1-2H3,(H,22,25). The van der Waals surface area contributed by atoms with Crippen molar-refractivity contribution in [3.8, 4) is 11.5 Å². The molecule has 1 amide bonds. The molecule has 0 aliphatic rings. The molecule has 0 unspecified atom stereocenters. The van der Waals surface area contributed by atoms with Gasteiger partial charge >= 0.3 is 0 Å². The number of amides is 1. The highest BCUT2D eigenvalue weighted by Gasteiger charge is 2.07. The summed E-state index contributed by atoms with van der Waals surface area (Å²) in [5.74, 6) is 0.315. The molecule has 0 bridgehead atoms. The first-order valence-electron chi connectivity index (χ1n) is 8.21. The molecule has 0 fully saturated rings. The molecule has 0 atom stereocenters. The second kappa shape index (κ2) is 8.45. The molecular weight excluding hydrogens is 444 g/mol. The Bertz CT molecular complexity index is 1210. The molecule has 0 saturated carbocycles. The van der Waals surface area contributed by atoms with Gasteiger partial charge in [-0.15, -0.1) is 11.3 Å². The van der Waals surface area contributed by atoms with Crippen LogP contribution in [0.5, 0.6) is 11.5 Å². The van der Waals surface area contributed by atoms with Crippen LogP contribution in [0.3, 0.4) is 0 Å². The number of thiazole rings is 1. The molecule has 2 N–H and O–H groups in total. The number of rotatable bonds is 4. The molecule has 3 aromatic rings. The first-order chi connectivity index (χ1) is 13.4. The third kappa shape index (κ3) is 4.35. The SMILES string of the molecule is COc1ccccc1NC(=O)C=c1sc(=Cc2ccc(O)c(Br)c2)c(=O)n1C. The normalized spacial score (nSPS) is 12.2. The molecule has 0 radical (unpaired) electrons. The van der Waals surface area contributed by atoms with Crippen molar-refractivity contribution < 1.29 is 14.6 Å². The Morgan fingerprint density at radius 1 is 1.29 bits per heavy atom. The number of benzene rings is 2. The van der Waals surface area contributed by atoms with Crippen molar-refractivity contribution in [1.82, 2.24) is 4.57 Å². The van der Waals surface area contributed by atoms with Crippen LogP contribution >= 0.6 is 27.3 Å². The minimum absolute atomic E-state index is 0.123. The highest BCUT2D eigenvalue weighted by atomic mass is 79.9. The van der Waals surface area contributed by atoms with E-state index in [1.807, 2.05) is 6.07 Å². The summed E-state index contributed by atoms with van der Waals surface area (Å²) >= 11 is 4.46. The quantitative estimate of drug-likeness (QED) is 0.625. The number of anilines is 1. The molecule has 28 heavy (non-hydrogen) atoms. The lowest BCUT2D eigenvalue weighted by Crippen LogP contribution is -2.29. The summed E-state index contributed by atoms with van der Waals surface area (Å²) in [6.45, 7) is 0. The molecule has 8 heteroatoms. The van der Waals surface area contributed by atoms with E-state index in [0.29, 0.717) is 25.1 Å². The van der Waals surface area contributed by atoms with Gasteiger partial charge in [-0.05, 0) is 51.8 Å². The Hall–Kier alpha value is -2.84. The van der Waals surface area contributed by atoms with Gasteiger partial charge in [-0.2, -0.15) is 0 Å². The Labute approximate surface area is 173 Å². The number of methoxy groups -OCH3 is 1. The maximum Gasteiger partial charge on any atom is 0.268 e. The molecule has 2 aromatic carbocycles. The van der Waals surface area contributed by atoms with Crippen LogP contribution in [0.1, 0.15) is 5.56 Å². The number of phenols is 1. The number of nitrogens with zero attached hydrogens (tertiary/aromatic N) is 1. The maximum absolute atomic E-state index is 12.5. The van der Waals surface area contributed by atoms with Gasteiger partial charge in [0.05, 0.1) is 21.8 Å². The largest absolute Gasteiger partial charge is 0.507 e. The molecular formula is C20H17BrN2O4S. The first-order valence-corrected chi connectivity index (χ1v) is 9.82. The van der Waals surface area contributed by atoms with Gasteiger partial charge in [-0.1, -0.05) is 18.2 Å². The van der Waals surface area contributed by atoms with E-state index in [9.17, 15) is 14.7 Å². The van der Waals surface area contributed by atoms with E-state index >= 15 is 0 Å². The highest BCUT2D eigenvalue weighted by Crippen LogP contribution is 2.24. The summed E-state index contributed by atoms with van der Waals surface area (Å²) in [6, 6.07) is 12.1. The Morgan fingerprint density at radius 2 is 2.04 bits per heavy atom. The van der Waals surface area contributed by atoms with Crippen LogP contribution in [0.2, 0.25) is 0 Å². The van der Waals surface area contributed by atoms with Gasteiger partial charge in [0.1, 0.15) is 16.2 Å². The van der Waals surface area contributed by atoms with Gasteiger partial charge in [0.15, 0.2) is 0 Å². The molecule has 0 saturated heterocycles. The lowest BCUT2D eigenvalue weighted by molar-refractivity contribution is -0.110. The fraction of sp³-hybridized carbons (Fsp3) is 0.100. The number of para-hydroxylation sites is 2. The fourth-order valence-corrected chi connectivity index (χ4v) is 3.93. The van der Waals surface area contributed by atoms with E-state index in [1.54, 1.807) is 49.5 Å². The number of ether oxygens (including phenoxy) is 1. The summed E-state index contributed by atoms with van der Waals surface area (Å²) in [7, 11) is 3.15. The van der Waals surface area contributed by atoms with Crippen LogP contribution in [0.15, 0.2) is 51.7 Å². The Kier molecular flexibility index (Phi) is 6.01. The summed E-state index contributed by atoms with van der Waals surface area (Å²) in [5, 5.41) is 12.3. The predicted molar refractivity (Wildman–Crippen MR) is 114 cm³/mol. The number of hydrogen-bond acceptors (Lipinski definition) is 5. The summed E-state index contributed by atoms with van der Waals surface area (Å²) in [6.07, 6.45) is 3.09. The van der Waals surface area contributed by atoms with Crippen molar-refractivity contribution in [2.75, 3.05) is 12.4 Å². The number of nitrogens with one attached hydrogen (secondary N) is 1. The monoisotopic (exact) mass is 460 g/mol. The Balaban J connectivity index is 1.96. The zero-order chi connectivity index (χ0) is 20.3. The molecule has 3 rings (SSSR count). The summed E-state index contributed by atoms with van der Waals surface area (Å²) in [5.41, 5.74) is 1.10. The van der Waals surface area contributed by atoms with Crippen LogP contribution < -0.4 is 24.8 Å². The third-order valence-corrected chi connectivity index (χ3v) is 5.70. The number of carbonyl (C=O) groups is 1.